The maximum absolute atomic E-state index is 11.3. The molecule has 2 fully saturated rings. The second kappa shape index (κ2) is 5.00. The second-order valence-corrected chi connectivity index (χ2v) is 6.88. The molecule has 0 aromatic heterocycles. The van der Waals surface area contributed by atoms with Gasteiger partial charge in [-0.15, -0.1) is 0 Å². The Hall–Kier alpha value is -0.170. The molecule has 0 radical (unpaired) electrons. The molecule has 2 rings (SSSR count). The number of rotatable bonds is 4. The van der Waals surface area contributed by atoms with Gasteiger partial charge in [0.2, 0.25) is 0 Å². The first-order valence-corrected chi connectivity index (χ1v) is 7.58. The molecule has 0 saturated carbocycles. The van der Waals surface area contributed by atoms with Crippen molar-refractivity contribution in [1.82, 2.24) is 5.32 Å². The van der Waals surface area contributed by atoms with Gasteiger partial charge in [0, 0.05) is 19.3 Å². The minimum Gasteiger partial charge on any atom is -0.390 e. The minimum atomic E-state index is -3.03. The summed E-state index contributed by atoms with van der Waals surface area (Å²) in [5.41, 5.74) is 0. The molecule has 2 heterocycles. The van der Waals surface area contributed by atoms with Crippen molar-refractivity contribution in [2.45, 2.75) is 25.0 Å². The maximum Gasteiger partial charge on any atom is 0.154 e. The normalized spacial score (nSPS) is 37.9. The summed E-state index contributed by atoms with van der Waals surface area (Å²) < 4.78 is 27.8. The van der Waals surface area contributed by atoms with Crippen molar-refractivity contribution in [3.05, 3.63) is 0 Å². The zero-order valence-electron chi connectivity index (χ0n) is 9.26. The fourth-order valence-corrected chi connectivity index (χ4v) is 4.08. The highest BCUT2D eigenvalue weighted by atomic mass is 32.2. The van der Waals surface area contributed by atoms with Gasteiger partial charge in [0.1, 0.15) is 0 Å². The Balaban J connectivity index is 1.70. The van der Waals surface area contributed by atoms with Gasteiger partial charge in [-0.25, -0.2) is 8.42 Å². The van der Waals surface area contributed by atoms with Gasteiger partial charge in [-0.3, -0.25) is 0 Å². The van der Waals surface area contributed by atoms with Crippen LogP contribution < -0.4 is 5.32 Å². The van der Waals surface area contributed by atoms with Gasteiger partial charge in [0.05, 0.1) is 17.6 Å². The third-order valence-electron chi connectivity index (χ3n) is 3.31. The van der Waals surface area contributed by atoms with E-state index in [-0.39, 0.29) is 17.5 Å². The Morgan fingerprint density at radius 2 is 2.19 bits per heavy atom. The number of ether oxygens (including phenoxy) is 1. The number of aliphatic hydroxyl groups excluding tert-OH is 1. The first-order chi connectivity index (χ1) is 7.57. The van der Waals surface area contributed by atoms with Gasteiger partial charge in [0.15, 0.2) is 9.84 Å². The summed E-state index contributed by atoms with van der Waals surface area (Å²) in [6.07, 6.45) is 1.33. The number of nitrogens with one attached hydrogen (secondary N) is 1. The molecule has 0 spiro atoms. The quantitative estimate of drug-likeness (QED) is 0.679. The first-order valence-electron chi connectivity index (χ1n) is 5.76. The molecule has 0 aliphatic carbocycles. The van der Waals surface area contributed by atoms with Crippen LogP contribution in [0.5, 0.6) is 0 Å². The molecule has 5 nitrogen and oxygen atoms in total. The zero-order valence-corrected chi connectivity index (χ0v) is 10.1. The van der Waals surface area contributed by atoms with Gasteiger partial charge in [-0.1, -0.05) is 0 Å². The Bertz CT molecular complexity index is 324. The highest BCUT2D eigenvalue weighted by Gasteiger charge is 2.35. The van der Waals surface area contributed by atoms with Gasteiger partial charge >= 0.3 is 0 Å². The molecule has 16 heavy (non-hydrogen) atoms. The van der Waals surface area contributed by atoms with E-state index in [0.29, 0.717) is 5.92 Å². The van der Waals surface area contributed by atoms with E-state index in [4.69, 9.17) is 4.74 Å². The maximum atomic E-state index is 11.3. The molecule has 3 atom stereocenters. The van der Waals surface area contributed by atoms with E-state index in [2.05, 4.69) is 5.32 Å². The third kappa shape index (κ3) is 3.16. The van der Waals surface area contributed by atoms with Crippen LogP contribution in [0.2, 0.25) is 0 Å². The standard InChI is InChI=1S/C10H19NO4S/c12-10-7-16(13,14)6-9(10)11-3-1-8-2-4-15-5-8/h8-12H,1-7H2. The van der Waals surface area contributed by atoms with Crippen LogP contribution in [0.25, 0.3) is 0 Å². The van der Waals surface area contributed by atoms with Crippen LogP contribution >= 0.6 is 0 Å². The fraction of sp³-hybridized carbons (Fsp3) is 1.00. The lowest BCUT2D eigenvalue weighted by atomic mass is 10.1. The van der Waals surface area contributed by atoms with Crippen LogP contribution in [0.15, 0.2) is 0 Å². The molecule has 2 aliphatic rings. The fourth-order valence-electron chi connectivity index (χ4n) is 2.31. The van der Waals surface area contributed by atoms with Crippen molar-refractivity contribution in [2.24, 2.45) is 5.92 Å². The highest BCUT2D eigenvalue weighted by molar-refractivity contribution is 7.91. The van der Waals surface area contributed by atoms with Crippen LogP contribution in [0, 0.1) is 5.92 Å². The van der Waals surface area contributed by atoms with Crippen molar-refractivity contribution < 1.29 is 18.3 Å². The third-order valence-corrected chi connectivity index (χ3v) is 5.02. The largest absolute Gasteiger partial charge is 0.390 e. The minimum absolute atomic E-state index is 0.0648. The zero-order chi connectivity index (χ0) is 11.6. The lowest BCUT2D eigenvalue weighted by Crippen LogP contribution is -2.39. The average molecular weight is 249 g/mol. The first kappa shape index (κ1) is 12.3. The average Bonchev–Trinajstić information content (AvgIpc) is 2.75. The molecular weight excluding hydrogens is 230 g/mol. The van der Waals surface area contributed by atoms with E-state index in [9.17, 15) is 13.5 Å². The number of sulfone groups is 1. The molecule has 2 saturated heterocycles. The second-order valence-electron chi connectivity index (χ2n) is 4.72. The van der Waals surface area contributed by atoms with Crippen LogP contribution in [0.4, 0.5) is 0 Å². The summed E-state index contributed by atoms with van der Waals surface area (Å²) in [5.74, 6) is 0.551. The molecule has 0 aromatic carbocycles. The molecular formula is C10H19NO4S. The van der Waals surface area contributed by atoms with Gasteiger partial charge < -0.3 is 15.2 Å². The summed E-state index contributed by atoms with van der Waals surface area (Å²) in [6, 6.07) is -0.285. The van der Waals surface area contributed by atoms with Gasteiger partial charge in [0.25, 0.3) is 0 Å². The lowest BCUT2D eigenvalue weighted by Gasteiger charge is -2.16. The van der Waals surface area contributed by atoms with Crippen molar-refractivity contribution in [3.63, 3.8) is 0 Å². The van der Waals surface area contributed by atoms with Crippen molar-refractivity contribution in [2.75, 3.05) is 31.3 Å². The predicted octanol–water partition coefficient (Wildman–Crippen LogP) is -0.839. The van der Waals surface area contributed by atoms with E-state index < -0.39 is 15.9 Å². The van der Waals surface area contributed by atoms with Crippen molar-refractivity contribution >= 4 is 9.84 Å². The highest BCUT2D eigenvalue weighted by Crippen LogP contribution is 2.16. The van der Waals surface area contributed by atoms with E-state index in [1.807, 2.05) is 0 Å². The molecule has 0 aromatic rings. The summed E-state index contributed by atoms with van der Waals surface area (Å²) >= 11 is 0. The molecule has 0 bridgehead atoms. The summed E-state index contributed by atoms with van der Waals surface area (Å²) in [6.45, 7) is 2.41. The summed E-state index contributed by atoms with van der Waals surface area (Å²) in [4.78, 5) is 0. The topological polar surface area (TPSA) is 75.6 Å². The van der Waals surface area contributed by atoms with Crippen LogP contribution in [0.3, 0.4) is 0 Å². The monoisotopic (exact) mass is 249 g/mol. The van der Waals surface area contributed by atoms with E-state index in [1.54, 1.807) is 0 Å². The Morgan fingerprint density at radius 1 is 1.38 bits per heavy atom. The molecule has 94 valence electrons. The van der Waals surface area contributed by atoms with Crippen molar-refractivity contribution in [3.8, 4) is 0 Å². The molecule has 2 N–H and O–H groups in total. The summed E-state index contributed by atoms with van der Waals surface area (Å²) in [7, 11) is -3.03. The number of hydrogen-bond acceptors (Lipinski definition) is 5. The van der Waals surface area contributed by atoms with Gasteiger partial charge in [-0.05, 0) is 25.3 Å². The van der Waals surface area contributed by atoms with Crippen LogP contribution in [-0.2, 0) is 14.6 Å². The lowest BCUT2D eigenvalue weighted by molar-refractivity contribution is 0.163. The van der Waals surface area contributed by atoms with E-state index in [0.717, 1.165) is 32.6 Å². The molecule has 2 aliphatic heterocycles. The molecule has 6 heteroatoms. The Morgan fingerprint density at radius 3 is 2.75 bits per heavy atom. The number of aliphatic hydroxyl groups is 1. The number of hydrogen-bond donors (Lipinski definition) is 2. The SMILES string of the molecule is O=S1(=O)CC(O)C(NCCC2CCOC2)C1. The van der Waals surface area contributed by atoms with E-state index in [1.165, 1.54) is 0 Å². The van der Waals surface area contributed by atoms with Gasteiger partial charge in [-0.2, -0.15) is 0 Å². The molecule has 3 unspecified atom stereocenters. The summed E-state index contributed by atoms with van der Waals surface area (Å²) in [5, 5.41) is 12.7. The molecule has 0 amide bonds. The van der Waals surface area contributed by atoms with E-state index >= 15 is 0 Å². The Kier molecular flexibility index (Phi) is 3.84. The predicted molar refractivity (Wildman–Crippen MR) is 60.0 cm³/mol. The van der Waals surface area contributed by atoms with Crippen molar-refractivity contribution in [1.29, 1.82) is 0 Å². The Labute approximate surface area is 96.1 Å². The van der Waals surface area contributed by atoms with Crippen LogP contribution in [0.1, 0.15) is 12.8 Å². The smallest absolute Gasteiger partial charge is 0.154 e. The van der Waals surface area contributed by atoms with Crippen LogP contribution in [-0.4, -0.2) is 56.9 Å².